The lowest BCUT2D eigenvalue weighted by atomic mass is 9.74. The van der Waals surface area contributed by atoms with Crippen molar-refractivity contribution in [1.82, 2.24) is 4.90 Å². The molecule has 0 aliphatic carbocycles. The number of hydrogen-bond donors (Lipinski definition) is 0. The highest BCUT2D eigenvalue weighted by molar-refractivity contribution is 5.69. The fraction of sp³-hybridized carbons (Fsp3) is 0.310. The molecule has 0 spiro atoms. The predicted molar refractivity (Wildman–Crippen MR) is 136 cm³/mol. The summed E-state index contributed by atoms with van der Waals surface area (Å²) in [7, 11) is 0. The molecule has 37 heavy (non-hydrogen) atoms. The van der Waals surface area contributed by atoms with Crippen LogP contribution in [-0.4, -0.2) is 30.8 Å². The van der Waals surface area contributed by atoms with E-state index in [2.05, 4.69) is 13.2 Å². The van der Waals surface area contributed by atoms with E-state index in [0.29, 0.717) is 11.3 Å². The maximum absolute atomic E-state index is 15.1. The van der Waals surface area contributed by atoms with Gasteiger partial charge in [0, 0.05) is 24.2 Å². The number of hydrogen-bond acceptors (Lipinski definition) is 2. The van der Waals surface area contributed by atoms with Crippen LogP contribution in [0.5, 0.6) is 0 Å². The van der Waals surface area contributed by atoms with Crippen LogP contribution in [0.15, 0.2) is 85.3 Å². The Morgan fingerprint density at radius 1 is 1.08 bits per heavy atom. The van der Waals surface area contributed by atoms with Crippen molar-refractivity contribution < 1.29 is 26.3 Å². The van der Waals surface area contributed by atoms with Crippen molar-refractivity contribution in [3.63, 3.8) is 0 Å². The topological polar surface area (TPSA) is 6.48 Å². The van der Waals surface area contributed by atoms with Gasteiger partial charge in [0.2, 0.25) is 0 Å². The third-order valence-electron chi connectivity index (χ3n) is 6.60. The molecule has 0 bridgehead atoms. The Morgan fingerprint density at radius 3 is 2.30 bits per heavy atom. The molecule has 0 fully saturated rings. The fourth-order valence-electron chi connectivity index (χ4n) is 5.06. The number of fused-ring (bicyclic) bond motifs is 1. The molecule has 2 nitrogen and oxygen atoms in total. The van der Waals surface area contributed by atoms with Crippen molar-refractivity contribution in [1.29, 1.82) is 0 Å². The fourth-order valence-corrected chi connectivity index (χ4v) is 5.06. The van der Waals surface area contributed by atoms with Gasteiger partial charge in [-0.25, -0.2) is 8.78 Å². The van der Waals surface area contributed by atoms with Crippen LogP contribution in [0.3, 0.4) is 0 Å². The van der Waals surface area contributed by atoms with Gasteiger partial charge in [0.25, 0.3) is 0 Å². The first-order valence-electron chi connectivity index (χ1n) is 11.8. The monoisotopic (exact) mass is 520 g/mol. The maximum atomic E-state index is 15.1. The minimum absolute atomic E-state index is 0.0154. The van der Waals surface area contributed by atoms with Crippen LogP contribution in [0.25, 0.3) is 0 Å². The summed E-state index contributed by atoms with van der Waals surface area (Å²) in [6.45, 7) is 7.92. The average Bonchev–Trinajstić information content (AvgIpc) is 2.85. The molecule has 0 amide bonds. The second-order valence-electron chi connectivity index (χ2n) is 8.88. The lowest BCUT2D eigenvalue weighted by Crippen LogP contribution is -2.57. The van der Waals surface area contributed by atoms with E-state index in [-0.39, 0.29) is 29.1 Å². The first-order chi connectivity index (χ1) is 17.5. The zero-order valence-corrected chi connectivity index (χ0v) is 20.9. The van der Waals surface area contributed by atoms with Crippen LogP contribution in [0.4, 0.5) is 32.0 Å². The van der Waals surface area contributed by atoms with Gasteiger partial charge >= 0.3 is 6.18 Å². The Balaban J connectivity index is 2.42. The number of halogens is 6. The summed E-state index contributed by atoms with van der Waals surface area (Å²) in [6, 6.07) is 8.58. The van der Waals surface area contributed by atoms with E-state index in [4.69, 9.17) is 0 Å². The molecule has 1 heterocycles. The second-order valence-corrected chi connectivity index (χ2v) is 8.88. The van der Waals surface area contributed by atoms with E-state index in [1.807, 2.05) is 0 Å². The number of anilines is 1. The Kier molecular flexibility index (Phi) is 8.61. The van der Waals surface area contributed by atoms with Crippen molar-refractivity contribution in [2.45, 2.75) is 38.7 Å². The molecule has 0 aromatic heterocycles. The summed E-state index contributed by atoms with van der Waals surface area (Å²) < 4.78 is 84.8. The van der Waals surface area contributed by atoms with E-state index >= 15 is 4.39 Å². The SMILES string of the molecule is C=C/C=C(\C=C/C)CN1C(=C)N(CC(F)(F)F)C(CCF)(c2ccc(CF)cc2)c2c1ccc(F)c2C. The number of alkyl halides is 5. The molecule has 1 atom stereocenters. The summed E-state index contributed by atoms with van der Waals surface area (Å²) in [4.78, 5) is 2.59. The third-order valence-corrected chi connectivity index (χ3v) is 6.60. The Hall–Kier alpha value is -3.42. The number of benzene rings is 2. The number of nitrogens with zero attached hydrogens (tertiary/aromatic N) is 2. The van der Waals surface area contributed by atoms with Gasteiger partial charge in [0.1, 0.15) is 24.9 Å². The summed E-state index contributed by atoms with van der Waals surface area (Å²) in [5.74, 6) is -0.643. The van der Waals surface area contributed by atoms with Crippen LogP contribution in [0.1, 0.15) is 35.6 Å². The highest BCUT2D eigenvalue weighted by atomic mass is 19.4. The lowest BCUT2D eigenvalue weighted by molar-refractivity contribution is -0.153. The van der Waals surface area contributed by atoms with E-state index < -0.39 is 43.8 Å². The molecule has 0 radical (unpaired) electrons. The molecule has 0 saturated carbocycles. The molecule has 3 rings (SSSR count). The number of allylic oxidation sites excluding steroid dienone is 3. The van der Waals surface area contributed by atoms with Crippen LogP contribution in [0, 0.1) is 12.7 Å². The summed E-state index contributed by atoms with van der Waals surface area (Å²) in [5, 5.41) is 0. The molecule has 2 aromatic rings. The molecule has 8 heteroatoms. The normalized spacial score (nSPS) is 18.5. The molecule has 198 valence electrons. The summed E-state index contributed by atoms with van der Waals surface area (Å²) in [5.41, 5.74) is 0.335. The maximum Gasteiger partial charge on any atom is 0.406 e. The van der Waals surface area contributed by atoms with Crippen LogP contribution in [-0.2, 0) is 12.2 Å². The highest BCUT2D eigenvalue weighted by Gasteiger charge is 2.52. The van der Waals surface area contributed by atoms with Gasteiger partial charge in [-0.15, -0.1) is 0 Å². The van der Waals surface area contributed by atoms with Gasteiger partial charge in [-0.1, -0.05) is 61.7 Å². The zero-order chi connectivity index (χ0) is 27.4. The Labute approximate surface area is 213 Å². The van der Waals surface area contributed by atoms with Gasteiger partial charge in [-0.05, 0) is 48.2 Å². The quantitative estimate of drug-likeness (QED) is 0.244. The minimum atomic E-state index is -4.68. The molecular weight excluding hydrogens is 490 g/mol. The largest absolute Gasteiger partial charge is 0.406 e. The Bertz CT molecular complexity index is 1200. The Morgan fingerprint density at radius 2 is 1.76 bits per heavy atom. The third kappa shape index (κ3) is 5.48. The molecule has 0 N–H and O–H groups in total. The van der Waals surface area contributed by atoms with Crippen molar-refractivity contribution in [2.75, 3.05) is 24.7 Å². The van der Waals surface area contributed by atoms with Gasteiger partial charge in [-0.3, -0.25) is 4.39 Å². The van der Waals surface area contributed by atoms with E-state index in [0.717, 1.165) is 10.5 Å². The summed E-state index contributed by atoms with van der Waals surface area (Å²) in [6.07, 6.45) is 1.77. The number of rotatable bonds is 9. The highest BCUT2D eigenvalue weighted by Crippen LogP contribution is 2.52. The summed E-state index contributed by atoms with van der Waals surface area (Å²) >= 11 is 0. The standard InChI is InChI=1S/C29H30F6N2/c1-5-7-23(8-6-2)18-36-21(4)37(19-29(33,34)35)28(15-16-30,24-11-9-22(17-31)10-12-24)27-20(3)25(32)13-14-26(27)36/h5-14H,1,4,15-19H2,2-3H3/b8-6-,23-7+. The van der Waals surface area contributed by atoms with Crippen molar-refractivity contribution in [3.8, 4) is 0 Å². The molecule has 1 unspecified atom stereocenters. The van der Waals surface area contributed by atoms with Crippen molar-refractivity contribution in [2.24, 2.45) is 0 Å². The van der Waals surface area contributed by atoms with Gasteiger partial charge in [-0.2, -0.15) is 13.2 Å². The molecular formula is C29H30F6N2. The van der Waals surface area contributed by atoms with Crippen LogP contribution >= 0.6 is 0 Å². The molecule has 1 aliphatic rings. The van der Waals surface area contributed by atoms with Crippen molar-refractivity contribution >= 4 is 5.69 Å². The second kappa shape index (κ2) is 11.3. The first kappa shape index (κ1) is 28.2. The molecule has 1 aliphatic heterocycles. The van der Waals surface area contributed by atoms with E-state index in [1.165, 1.54) is 43.3 Å². The lowest BCUT2D eigenvalue weighted by Gasteiger charge is -2.55. The van der Waals surface area contributed by atoms with E-state index in [9.17, 15) is 22.0 Å². The van der Waals surface area contributed by atoms with Gasteiger partial charge in [0.05, 0.1) is 12.2 Å². The van der Waals surface area contributed by atoms with Crippen LogP contribution < -0.4 is 4.90 Å². The first-order valence-corrected chi connectivity index (χ1v) is 11.8. The zero-order valence-electron chi connectivity index (χ0n) is 20.9. The van der Waals surface area contributed by atoms with E-state index in [1.54, 1.807) is 36.1 Å². The predicted octanol–water partition coefficient (Wildman–Crippen LogP) is 8.05. The smallest absolute Gasteiger partial charge is 0.335 e. The molecule has 0 saturated heterocycles. The molecule has 2 aromatic carbocycles. The van der Waals surface area contributed by atoms with Crippen molar-refractivity contribution in [3.05, 3.63) is 113 Å². The minimum Gasteiger partial charge on any atom is -0.335 e. The van der Waals surface area contributed by atoms with Gasteiger partial charge in [0.15, 0.2) is 0 Å². The van der Waals surface area contributed by atoms with Crippen LogP contribution in [0.2, 0.25) is 0 Å². The average molecular weight is 521 g/mol. The van der Waals surface area contributed by atoms with Gasteiger partial charge < -0.3 is 9.80 Å².